The lowest BCUT2D eigenvalue weighted by molar-refractivity contribution is -0.139. The van der Waals surface area contributed by atoms with Gasteiger partial charge in [0.1, 0.15) is 18.3 Å². The van der Waals surface area contributed by atoms with Crippen molar-refractivity contribution in [1.82, 2.24) is 10.2 Å². The van der Waals surface area contributed by atoms with Crippen LogP contribution in [0.5, 0.6) is 5.75 Å². The molecule has 0 aliphatic carbocycles. The van der Waals surface area contributed by atoms with Crippen LogP contribution in [0, 0.1) is 6.92 Å². The molecular formula is C31H39N3O5S. The van der Waals surface area contributed by atoms with Crippen LogP contribution in [0.2, 0.25) is 0 Å². The van der Waals surface area contributed by atoms with Gasteiger partial charge in [-0.15, -0.1) is 0 Å². The van der Waals surface area contributed by atoms with Crippen molar-refractivity contribution in [1.29, 1.82) is 0 Å². The van der Waals surface area contributed by atoms with Crippen molar-refractivity contribution in [3.63, 3.8) is 0 Å². The minimum absolute atomic E-state index is 0.0530. The van der Waals surface area contributed by atoms with E-state index in [1.54, 1.807) is 36.4 Å². The summed E-state index contributed by atoms with van der Waals surface area (Å²) >= 11 is 0. The van der Waals surface area contributed by atoms with Crippen LogP contribution in [0.3, 0.4) is 0 Å². The first kappa shape index (κ1) is 30.7. The third-order valence-electron chi connectivity index (χ3n) is 6.54. The Bertz CT molecular complexity index is 1380. The number of rotatable bonds is 13. The van der Waals surface area contributed by atoms with E-state index in [-0.39, 0.29) is 29.1 Å². The minimum atomic E-state index is -4.17. The monoisotopic (exact) mass is 565 g/mol. The van der Waals surface area contributed by atoms with Crippen LogP contribution >= 0.6 is 0 Å². The number of sulfonamides is 1. The first-order valence-electron chi connectivity index (χ1n) is 13.4. The minimum Gasteiger partial charge on any atom is -0.495 e. The summed E-state index contributed by atoms with van der Waals surface area (Å²) in [6.07, 6.45) is 0.885. The van der Waals surface area contributed by atoms with Crippen LogP contribution in [-0.2, 0) is 26.0 Å². The van der Waals surface area contributed by atoms with E-state index in [1.807, 2.05) is 58.0 Å². The van der Waals surface area contributed by atoms with Gasteiger partial charge < -0.3 is 15.0 Å². The van der Waals surface area contributed by atoms with E-state index in [1.165, 1.54) is 24.1 Å². The van der Waals surface area contributed by atoms with Gasteiger partial charge in [-0.1, -0.05) is 67.1 Å². The molecule has 3 aromatic carbocycles. The highest BCUT2D eigenvalue weighted by molar-refractivity contribution is 7.92. The molecule has 0 radical (unpaired) electrons. The molecule has 1 N–H and O–H groups in total. The number of carbonyl (C=O) groups excluding carboxylic acids is 2. The molecule has 0 bridgehead atoms. The number of nitrogens with zero attached hydrogens (tertiary/aromatic N) is 2. The molecule has 0 saturated heterocycles. The molecule has 0 aliphatic heterocycles. The second-order valence-electron chi connectivity index (χ2n) is 9.91. The average molecular weight is 566 g/mol. The Labute approximate surface area is 238 Å². The number of amides is 2. The van der Waals surface area contributed by atoms with Gasteiger partial charge in [-0.25, -0.2) is 8.42 Å². The predicted octanol–water partition coefficient (Wildman–Crippen LogP) is 4.57. The summed E-state index contributed by atoms with van der Waals surface area (Å²) in [5.74, 6) is -0.446. The third kappa shape index (κ3) is 7.63. The average Bonchev–Trinajstić information content (AvgIpc) is 2.94. The zero-order chi connectivity index (χ0) is 29.3. The van der Waals surface area contributed by atoms with Crippen LogP contribution in [0.4, 0.5) is 5.69 Å². The maximum absolute atomic E-state index is 14.1. The van der Waals surface area contributed by atoms with E-state index in [9.17, 15) is 18.0 Å². The number of hydrogen-bond acceptors (Lipinski definition) is 5. The third-order valence-corrected chi connectivity index (χ3v) is 8.32. The standard InChI is InChI=1S/C31H39N3O5S/c1-6-27(31(36)32-23(2)3)33(21-20-25-12-8-7-9-13-25)30(35)22-34(28-14-10-11-15-29(28)39-5)40(37,38)26-18-16-24(4)17-19-26/h7-19,23,27H,6,20-22H2,1-5H3,(H,32,36)/t27-/m0/s1. The summed E-state index contributed by atoms with van der Waals surface area (Å²) in [6, 6.07) is 21.9. The van der Waals surface area contributed by atoms with E-state index in [0.29, 0.717) is 18.6 Å². The SMILES string of the molecule is CC[C@@H](C(=O)NC(C)C)N(CCc1ccccc1)C(=O)CN(c1ccccc1OC)S(=O)(=O)c1ccc(C)cc1. The van der Waals surface area contributed by atoms with Gasteiger partial charge in [0.25, 0.3) is 10.0 Å². The Balaban J connectivity index is 2.05. The van der Waals surface area contributed by atoms with Crippen molar-refractivity contribution in [2.75, 3.05) is 24.5 Å². The number of para-hydroxylation sites is 2. The Morgan fingerprint density at radius 1 is 0.925 bits per heavy atom. The lowest BCUT2D eigenvalue weighted by Gasteiger charge is -2.33. The molecule has 0 fully saturated rings. The van der Waals surface area contributed by atoms with Crippen LogP contribution in [0.1, 0.15) is 38.3 Å². The zero-order valence-corrected chi connectivity index (χ0v) is 24.6. The van der Waals surface area contributed by atoms with Gasteiger partial charge in [-0.3, -0.25) is 13.9 Å². The highest BCUT2D eigenvalue weighted by Gasteiger charge is 2.34. The van der Waals surface area contributed by atoms with Crippen LogP contribution < -0.4 is 14.4 Å². The Morgan fingerprint density at radius 3 is 2.15 bits per heavy atom. The number of anilines is 1. The first-order valence-corrected chi connectivity index (χ1v) is 14.9. The second-order valence-corrected chi connectivity index (χ2v) is 11.8. The number of carbonyl (C=O) groups is 2. The van der Waals surface area contributed by atoms with E-state index in [2.05, 4.69) is 5.32 Å². The Hall–Kier alpha value is -3.85. The van der Waals surface area contributed by atoms with E-state index in [0.717, 1.165) is 15.4 Å². The van der Waals surface area contributed by atoms with Crippen molar-refractivity contribution in [3.8, 4) is 5.75 Å². The quantitative estimate of drug-likeness (QED) is 0.328. The molecule has 0 spiro atoms. The summed E-state index contributed by atoms with van der Waals surface area (Å²) in [6.45, 7) is 7.18. The fraction of sp³-hybridized carbons (Fsp3) is 0.355. The topological polar surface area (TPSA) is 96.0 Å². The number of methoxy groups -OCH3 is 1. The fourth-order valence-electron chi connectivity index (χ4n) is 4.46. The lowest BCUT2D eigenvalue weighted by atomic mass is 10.1. The maximum Gasteiger partial charge on any atom is 0.264 e. The number of hydrogen-bond donors (Lipinski definition) is 1. The molecule has 0 aliphatic rings. The van der Waals surface area contributed by atoms with Gasteiger partial charge in [0.2, 0.25) is 11.8 Å². The molecule has 3 rings (SSSR count). The molecule has 0 saturated carbocycles. The van der Waals surface area contributed by atoms with Gasteiger partial charge >= 0.3 is 0 Å². The van der Waals surface area contributed by atoms with E-state index in [4.69, 9.17) is 4.74 Å². The largest absolute Gasteiger partial charge is 0.495 e. The Morgan fingerprint density at radius 2 is 1.55 bits per heavy atom. The summed E-state index contributed by atoms with van der Waals surface area (Å²) in [5.41, 5.74) is 2.16. The molecule has 2 amide bonds. The van der Waals surface area contributed by atoms with Crippen molar-refractivity contribution in [2.45, 2.75) is 57.5 Å². The normalized spacial score (nSPS) is 12.1. The van der Waals surface area contributed by atoms with Gasteiger partial charge in [-0.2, -0.15) is 0 Å². The molecule has 8 nitrogen and oxygen atoms in total. The van der Waals surface area contributed by atoms with Gasteiger partial charge in [-0.05, 0) is 63.4 Å². The lowest BCUT2D eigenvalue weighted by Crippen LogP contribution is -2.54. The maximum atomic E-state index is 14.1. The molecule has 0 unspecified atom stereocenters. The van der Waals surface area contributed by atoms with Crippen molar-refractivity contribution >= 4 is 27.5 Å². The van der Waals surface area contributed by atoms with Crippen LogP contribution in [-0.4, -0.2) is 57.4 Å². The summed E-state index contributed by atoms with van der Waals surface area (Å²) in [4.78, 5) is 28.8. The van der Waals surface area contributed by atoms with Crippen LogP contribution in [0.25, 0.3) is 0 Å². The predicted molar refractivity (Wildman–Crippen MR) is 158 cm³/mol. The molecular weight excluding hydrogens is 526 g/mol. The molecule has 0 aromatic heterocycles. The molecule has 1 atom stereocenters. The highest BCUT2D eigenvalue weighted by Crippen LogP contribution is 2.32. The van der Waals surface area contributed by atoms with Crippen molar-refractivity contribution in [2.24, 2.45) is 0 Å². The van der Waals surface area contributed by atoms with Gasteiger partial charge in [0.05, 0.1) is 17.7 Å². The summed E-state index contributed by atoms with van der Waals surface area (Å²) in [7, 11) is -2.71. The molecule has 3 aromatic rings. The van der Waals surface area contributed by atoms with Crippen molar-refractivity contribution < 1.29 is 22.7 Å². The summed E-state index contributed by atoms with van der Waals surface area (Å²) < 4.78 is 34.5. The van der Waals surface area contributed by atoms with Gasteiger partial charge in [0, 0.05) is 12.6 Å². The van der Waals surface area contributed by atoms with Crippen LogP contribution in [0.15, 0.2) is 83.8 Å². The number of aryl methyl sites for hydroxylation is 1. The fourth-order valence-corrected chi connectivity index (χ4v) is 5.89. The van der Waals surface area contributed by atoms with Gasteiger partial charge in [0.15, 0.2) is 0 Å². The first-order chi connectivity index (χ1) is 19.1. The number of ether oxygens (including phenoxy) is 1. The second kappa shape index (κ2) is 14.0. The number of benzene rings is 3. The molecule has 40 heavy (non-hydrogen) atoms. The molecule has 9 heteroatoms. The smallest absolute Gasteiger partial charge is 0.264 e. The molecule has 0 heterocycles. The highest BCUT2D eigenvalue weighted by atomic mass is 32.2. The van der Waals surface area contributed by atoms with E-state index >= 15 is 0 Å². The van der Waals surface area contributed by atoms with Crippen molar-refractivity contribution in [3.05, 3.63) is 90.0 Å². The number of nitrogens with one attached hydrogen (secondary N) is 1. The zero-order valence-electron chi connectivity index (χ0n) is 23.8. The van der Waals surface area contributed by atoms with E-state index < -0.39 is 28.5 Å². The Kier molecular flexibility index (Phi) is 10.7. The molecule has 214 valence electrons. The summed E-state index contributed by atoms with van der Waals surface area (Å²) in [5, 5.41) is 2.91.